The Balaban J connectivity index is 0. The SMILES string of the molecule is CCO/C=C(/F)C(C)=O.CCOC(=O)CC(C)=O. The van der Waals surface area contributed by atoms with Gasteiger partial charge in [0.2, 0.25) is 0 Å². The van der Waals surface area contributed by atoms with Gasteiger partial charge in [0.05, 0.1) is 13.2 Å². The van der Waals surface area contributed by atoms with Gasteiger partial charge in [0.15, 0.2) is 11.6 Å². The Bertz CT molecular complexity index is 310. The van der Waals surface area contributed by atoms with Crippen molar-refractivity contribution in [2.24, 2.45) is 0 Å². The predicted octanol–water partition coefficient (Wildman–Crippen LogP) is 1.95. The van der Waals surface area contributed by atoms with Gasteiger partial charge in [-0.2, -0.15) is 4.39 Å². The van der Waals surface area contributed by atoms with Crippen LogP contribution in [0.3, 0.4) is 0 Å². The number of rotatable bonds is 6. The van der Waals surface area contributed by atoms with Crippen LogP contribution in [0, 0.1) is 0 Å². The molecule has 0 aliphatic rings. The van der Waals surface area contributed by atoms with Crippen LogP contribution in [0.25, 0.3) is 0 Å². The van der Waals surface area contributed by atoms with E-state index >= 15 is 0 Å². The molecule has 0 aromatic carbocycles. The van der Waals surface area contributed by atoms with Gasteiger partial charge in [0.25, 0.3) is 0 Å². The highest BCUT2D eigenvalue weighted by atomic mass is 19.1. The van der Waals surface area contributed by atoms with Crippen molar-refractivity contribution >= 4 is 17.5 Å². The van der Waals surface area contributed by atoms with Crippen LogP contribution in [-0.4, -0.2) is 30.7 Å². The molecule has 18 heavy (non-hydrogen) atoms. The molecule has 6 heteroatoms. The number of Topliss-reactive ketones (excluding diaryl/α,β-unsaturated/α-hetero) is 2. The molecular formula is C12H19FO5. The summed E-state index contributed by atoms with van der Waals surface area (Å²) >= 11 is 0. The summed E-state index contributed by atoms with van der Waals surface area (Å²) in [6.45, 7) is 6.64. The van der Waals surface area contributed by atoms with E-state index in [1.54, 1.807) is 13.8 Å². The summed E-state index contributed by atoms with van der Waals surface area (Å²) in [4.78, 5) is 30.8. The third-order valence-corrected chi connectivity index (χ3v) is 1.39. The highest BCUT2D eigenvalue weighted by Crippen LogP contribution is 1.96. The standard InChI is InChI=1S/C6H9FO2.C6H10O3/c1-3-9-4-6(7)5(2)8;1-3-9-6(8)4-5(2)7/h4H,3H2,1-2H3;3-4H2,1-2H3/b6-4+;. The largest absolute Gasteiger partial charge is 0.498 e. The van der Waals surface area contributed by atoms with Crippen molar-refractivity contribution in [3.05, 3.63) is 12.1 Å². The van der Waals surface area contributed by atoms with Gasteiger partial charge in [-0.25, -0.2) is 0 Å². The van der Waals surface area contributed by atoms with Crippen LogP contribution in [0.4, 0.5) is 4.39 Å². The van der Waals surface area contributed by atoms with Crippen LogP contribution >= 0.6 is 0 Å². The fraction of sp³-hybridized carbons (Fsp3) is 0.583. The first-order valence-corrected chi connectivity index (χ1v) is 5.48. The van der Waals surface area contributed by atoms with Gasteiger partial charge in [-0.3, -0.25) is 14.4 Å². The molecule has 0 N–H and O–H groups in total. The molecular weight excluding hydrogens is 243 g/mol. The fourth-order valence-electron chi connectivity index (χ4n) is 0.655. The van der Waals surface area contributed by atoms with E-state index in [-0.39, 0.29) is 12.2 Å². The van der Waals surface area contributed by atoms with Crippen molar-refractivity contribution < 1.29 is 28.2 Å². The second-order valence-corrected chi connectivity index (χ2v) is 3.16. The molecule has 0 fully saturated rings. The van der Waals surface area contributed by atoms with Crippen molar-refractivity contribution in [3.8, 4) is 0 Å². The average Bonchev–Trinajstić information content (AvgIpc) is 2.25. The molecule has 0 aromatic rings. The molecule has 0 aliphatic heterocycles. The van der Waals surface area contributed by atoms with Crippen LogP contribution in [0.1, 0.15) is 34.1 Å². The van der Waals surface area contributed by atoms with Crippen LogP contribution in [0.15, 0.2) is 12.1 Å². The third-order valence-electron chi connectivity index (χ3n) is 1.39. The molecule has 0 radical (unpaired) electrons. The summed E-state index contributed by atoms with van der Waals surface area (Å²) in [5.41, 5.74) is 0. The Morgan fingerprint density at radius 2 is 1.67 bits per heavy atom. The second kappa shape index (κ2) is 11.8. The zero-order valence-corrected chi connectivity index (χ0v) is 11.1. The normalized spacial score (nSPS) is 9.94. The van der Waals surface area contributed by atoms with E-state index in [1.165, 1.54) is 6.92 Å². The van der Waals surface area contributed by atoms with E-state index < -0.39 is 17.6 Å². The number of carbonyl (C=O) groups is 3. The molecule has 5 nitrogen and oxygen atoms in total. The quantitative estimate of drug-likeness (QED) is 0.317. The highest BCUT2D eigenvalue weighted by Gasteiger charge is 2.03. The molecule has 0 heterocycles. The first-order chi connectivity index (χ1) is 8.34. The minimum atomic E-state index is -0.836. The lowest BCUT2D eigenvalue weighted by molar-refractivity contribution is -0.145. The average molecular weight is 262 g/mol. The zero-order chi connectivity index (χ0) is 14.6. The highest BCUT2D eigenvalue weighted by molar-refractivity contribution is 5.94. The first-order valence-electron chi connectivity index (χ1n) is 5.48. The van der Waals surface area contributed by atoms with Gasteiger partial charge >= 0.3 is 5.97 Å². The number of ketones is 2. The van der Waals surface area contributed by atoms with E-state index in [0.717, 1.165) is 13.2 Å². The van der Waals surface area contributed by atoms with Gasteiger partial charge in [-0.1, -0.05) is 0 Å². The van der Waals surface area contributed by atoms with Crippen LogP contribution in [-0.2, 0) is 23.9 Å². The lowest BCUT2D eigenvalue weighted by Gasteiger charge is -1.96. The minimum absolute atomic E-state index is 0.103. The Kier molecular flexibility index (Phi) is 12.2. The second-order valence-electron chi connectivity index (χ2n) is 3.16. The molecule has 0 saturated heterocycles. The third kappa shape index (κ3) is 14.3. The van der Waals surface area contributed by atoms with Crippen molar-refractivity contribution in [2.45, 2.75) is 34.1 Å². The maximum atomic E-state index is 12.1. The summed E-state index contributed by atoms with van der Waals surface area (Å²) in [6.07, 6.45) is 0.718. The smallest absolute Gasteiger partial charge is 0.313 e. The molecule has 0 rings (SSSR count). The maximum Gasteiger partial charge on any atom is 0.313 e. The Labute approximate surface area is 106 Å². The molecule has 104 valence electrons. The molecule has 0 aliphatic carbocycles. The molecule has 0 unspecified atom stereocenters. The number of hydrogen-bond acceptors (Lipinski definition) is 5. The van der Waals surface area contributed by atoms with E-state index in [0.29, 0.717) is 13.2 Å². The topological polar surface area (TPSA) is 69.7 Å². The number of ether oxygens (including phenoxy) is 2. The number of halogens is 1. The maximum absolute atomic E-state index is 12.1. The first kappa shape index (κ1) is 18.6. The number of carbonyl (C=O) groups excluding carboxylic acids is 3. The summed E-state index contributed by atoms with van der Waals surface area (Å²) in [6, 6.07) is 0. The van der Waals surface area contributed by atoms with E-state index in [9.17, 15) is 18.8 Å². The van der Waals surface area contributed by atoms with Gasteiger partial charge < -0.3 is 9.47 Å². The molecule has 0 aromatic heterocycles. The van der Waals surface area contributed by atoms with Gasteiger partial charge in [-0.15, -0.1) is 0 Å². The lowest BCUT2D eigenvalue weighted by Crippen LogP contribution is -2.07. The zero-order valence-electron chi connectivity index (χ0n) is 11.1. The van der Waals surface area contributed by atoms with Gasteiger partial charge in [0, 0.05) is 6.92 Å². The van der Waals surface area contributed by atoms with Crippen LogP contribution in [0.5, 0.6) is 0 Å². The predicted molar refractivity (Wildman–Crippen MR) is 63.4 cm³/mol. The molecule has 0 spiro atoms. The Hall–Kier alpha value is -1.72. The summed E-state index contributed by atoms with van der Waals surface area (Å²) in [5, 5.41) is 0. The summed E-state index contributed by atoms with van der Waals surface area (Å²) < 4.78 is 21.1. The molecule has 0 bridgehead atoms. The lowest BCUT2D eigenvalue weighted by atomic mass is 10.3. The monoisotopic (exact) mass is 262 g/mol. The van der Waals surface area contributed by atoms with Gasteiger partial charge in [-0.05, 0) is 20.8 Å². The Morgan fingerprint density at radius 3 is 2.00 bits per heavy atom. The van der Waals surface area contributed by atoms with E-state index in [4.69, 9.17) is 0 Å². The minimum Gasteiger partial charge on any atom is -0.498 e. The molecule has 0 saturated carbocycles. The van der Waals surface area contributed by atoms with Crippen LogP contribution < -0.4 is 0 Å². The number of esters is 1. The Morgan fingerprint density at radius 1 is 1.11 bits per heavy atom. The summed E-state index contributed by atoms with van der Waals surface area (Å²) in [5.74, 6) is -2.04. The summed E-state index contributed by atoms with van der Waals surface area (Å²) in [7, 11) is 0. The number of hydrogen-bond donors (Lipinski definition) is 0. The van der Waals surface area contributed by atoms with Gasteiger partial charge in [0.1, 0.15) is 18.5 Å². The van der Waals surface area contributed by atoms with Crippen molar-refractivity contribution in [1.82, 2.24) is 0 Å². The fourth-order valence-corrected chi connectivity index (χ4v) is 0.655. The van der Waals surface area contributed by atoms with E-state index in [2.05, 4.69) is 9.47 Å². The molecule has 0 amide bonds. The van der Waals surface area contributed by atoms with Crippen LogP contribution in [0.2, 0.25) is 0 Å². The molecule has 0 atom stereocenters. The van der Waals surface area contributed by atoms with Crippen molar-refractivity contribution in [3.63, 3.8) is 0 Å². The number of allylic oxidation sites excluding steroid dienone is 1. The van der Waals surface area contributed by atoms with Crippen molar-refractivity contribution in [2.75, 3.05) is 13.2 Å². The van der Waals surface area contributed by atoms with E-state index in [1.807, 2.05) is 0 Å². The van der Waals surface area contributed by atoms with Crippen molar-refractivity contribution in [1.29, 1.82) is 0 Å².